The molecule has 25 heavy (non-hydrogen) atoms. The third kappa shape index (κ3) is 3.96. The highest BCUT2D eigenvalue weighted by molar-refractivity contribution is 5.81. The molecule has 2 saturated heterocycles. The van der Waals surface area contributed by atoms with Crippen molar-refractivity contribution >= 4 is 5.91 Å². The number of carbonyl (C=O) groups is 1. The monoisotopic (exact) mass is 345 g/mol. The Hall–Kier alpha value is -1.66. The number of ether oxygens (including phenoxy) is 2. The Kier molecular flexibility index (Phi) is 4.90. The van der Waals surface area contributed by atoms with E-state index in [-0.39, 0.29) is 18.1 Å². The molecule has 0 bridgehead atoms. The lowest BCUT2D eigenvalue weighted by Crippen LogP contribution is -2.42. The fraction of sp³-hybridized carbons (Fsp3) is 0.684. The molecule has 0 radical (unpaired) electrons. The number of carbonyl (C=O) groups excluding carboxylic acids is 1. The van der Waals surface area contributed by atoms with Crippen LogP contribution >= 0.6 is 0 Å². The highest BCUT2D eigenvalue weighted by Crippen LogP contribution is 2.34. The molecule has 0 unspecified atom stereocenters. The first-order valence-electron chi connectivity index (χ1n) is 9.36. The summed E-state index contributed by atoms with van der Waals surface area (Å²) in [6.45, 7) is 3.52. The van der Waals surface area contributed by atoms with E-state index in [4.69, 9.17) is 9.47 Å². The van der Waals surface area contributed by atoms with Gasteiger partial charge in [-0.2, -0.15) is 0 Å². The summed E-state index contributed by atoms with van der Waals surface area (Å²) in [5.74, 6) is 1.98. The van der Waals surface area contributed by atoms with Crippen LogP contribution in [-0.4, -0.2) is 54.7 Å². The Labute approximate surface area is 148 Å². The standard InChI is InChI=1S/C19H27N3O3/c1-24-19-15(3-2-7-20-19)11-22-8-6-14-9-16(25-17(14)12-22)18(23)21-10-13-4-5-13/h2-3,7,13-14,16-17H,4-6,8-12H2,1H3,(H,21,23)/t14-,16-,17-/m1/s1. The van der Waals surface area contributed by atoms with Crippen LogP contribution in [0.1, 0.15) is 31.2 Å². The van der Waals surface area contributed by atoms with Crippen LogP contribution in [-0.2, 0) is 16.1 Å². The molecule has 0 spiro atoms. The van der Waals surface area contributed by atoms with Crippen molar-refractivity contribution in [3.8, 4) is 5.88 Å². The third-order valence-electron chi connectivity index (χ3n) is 5.63. The fourth-order valence-corrected chi connectivity index (χ4v) is 3.96. The molecule has 3 heterocycles. The molecule has 136 valence electrons. The maximum atomic E-state index is 12.3. The van der Waals surface area contributed by atoms with Gasteiger partial charge in [-0.1, -0.05) is 6.07 Å². The van der Waals surface area contributed by atoms with Crippen molar-refractivity contribution in [3.63, 3.8) is 0 Å². The zero-order chi connectivity index (χ0) is 17.2. The number of rotatable bonds is 6. The van der Waals surface area contributed by atoms with E-state index < -0.39 is 0 Å². The molecular weight excluding hydrogens is 318 g/mol. The van der Waals surface area contributed by atoms with E-state index in [1.807, 2.05) is 6.07 Å². The molecular formula is C19H27N3O3. The molecule has 1 aliphatic carbocycles. The minimum Gasteiger partial charge on any atom is -0.481 e. The van der Waals surface area contributed by atoms with E-state index in [0.717, 1.165) is 44.6 Å². The van der Waals surface area contributed by atoms with E-state index >= 15 is 0 Å². The van der Waals surface area contributed by atoms with Gasteiger partial charge in [-0.15, -0.1) is 0 Å². The summed E-state index contributed by atoms with van der Waals surface area (Å²) in [7, 11) is 1.66. The number of hydrogen-bond donors (Lipinski definition) is 1. The molecule has 3 fully saturated rings. The number of nitrogens with zero attached hydrogens (tertiary/aromatic N) is 2. The third-order valence-corrected chi connectivity index (χ3v) is 5.63. The smallest absolute Gasteiger partial charge is 0.249 e. The van der Waals surface area contributed by atoms with Crippen molar-refractivity contribution in [3.05, 3.63) is 23.9 Å². The Balaban J connectivity index is 1.31. The van der Waals surface area contributed by atoms with Gasteiger partial charge in [0.05, 0.1) is 13.2 Å². The minimum absolute atomic E-state index is 0.0850. The van der Waals surface area contributed by atoms with Gasteiger partial charge in [0, 0.05) is 31.4 Å². The summed E-state index contributed by atoms with van der Waals surface area (Å²) >= 11 is 0. The van der Waals surface area contributed by atoms with Crippen LogP contribution in [0.25, 0.3) is 0 Å². The summed E-state index contributed by atoms with van der Waals surface area (Å²) in [5, 5.41) is 3.06. The first-order chi connectivity index (χ1) is 12.2. The van der Waals surface area contributed by atoms with Gasteiger partial charge in [0.25, 0.3) is 0 Å². The van der Waals surface area contributed by atoms with Crippen molar-refractivity contribution in [2.24, 2.45) is 11.8 Å². The maximum Gasteiger partial charge on any atom is 0.249 e. The van der Waals surface area contributed by atoms with Crippen LogP contribution in [0.15, 0.2) is 18.3 Å². The zero-order valence-corrected chi connectivity index (χ0v) is 14.8. The molecule has 3 aliphatic rings. The number of piperidine rings is 1. The normalized spacial score (nSPS) is 29.2. The largest absolute Gasteiger partial charge is 0.481 e. The molecule has 1 aromatic heterocycles. The van der Waals surface area contributed by atoms with E-state index in [1.54, 1.807) is 13.3 Å². The van der Waals surface area contributed by atoms with Crippen molar-refractivity contribution in [1.82, 2.24) is 15.2 Å². The van der Waals surface area contributed by atoms with Crippen molar-refractivity contribution < 1.29 is 14.3 Å². The summed E-state index contributed by atoms with van der Waals surface area (Å²) in [5.41, 5.74) is 1.10. The van der Waals surface area contributed by atoms with Crippen LogP contribution < -0.4 is 10.1 Å². The molecule has 1 amide bonds. The summed E-state index contributed by atoms with van der Waals surface area (Å²) in [6, 6.07) is 4.00. The average Bonchev–Trinajstić information content (AvgIpc) is 3.37. The lowest BCUT2D eigenvalue weighted by Gasteiger charge is -2.34. The quantitative estimate of drug-likeness (QED) is 0.848. The predicted molar refractivity (Wildman–Crippen MR) is 93.2 cm³/mol. The maximum absolute atomic E-state index is 12.3. The fourth-order valence-electron chi connectivity index (χ4n) is 3.96. The number of nitrogens with one attached hydrogen (secondary N) is 1. The summed E-state index contributed by atoms with van der Waals surface area (Å²) < 4.78 is 11.5. The lowest BCUT2D eigenvalue weighted by atomic mass is 9.91. The molecule has 2 aliphatic heterocycles. The number of hydrogen-bond acceptors (Lipinski definition) is 5. The van der Waals surface area contributed by atoms with Crippen LogP contribution in [0.4, 0.5) is 0 Å². The van der Waals surface area contributed by atoms with Crippen LogP contribution in [0.2, 0.25) is 0 Å². The molecule has 3 atom stereocenters. The molecule has 1 N–H and O–H groups in total. The molecule has 0 aromatic carbocycles. The number of methoxy groups -OCH3 is 1. The number of pyridine rings is 1. The zero-order valence-electron chi connectivity index (χ0n) is 14.8. The number of likely N-dealkylation sites (tertiary alicyclic amines) is 1. The van der Waals surface area contributed by atoms with E-state index in [2.05, 4.69) is 21.3 Å². The molecule has 4 rings (SSSR count). The summed E-state index contributed by atoms with van der Waals surface area (Å²) in [4.78, 5) is 19.0. The van der Waals surface area contributed by atoms with Gasteiger partial charge in [-0.3, -0.25) is 9.69 Å². The van der Waals surface area contributed by atoms with Crippen LogP contribution in [0.3, 0.4) is 0 Å². The number of amides is 1. The number of aromatic nitrogens is 1. The van der Waals surface area contributed by atoms with Crippen molar-refractivity contribution in [2.45, 2.75) is 44.4 Å². The average molecular weight is 345 g/mol. The first kappa shape index (κ1) is 16.8. The second-order valence-electron chi connectivity index (χ2n) is 7.54. The van der Waals surface area contributed by atoms with Gasteiger partial charge < -0.3 is 14.8 Å². The molecule has 6 heteroatoms. The SMILES string of the molecule is COc1ncccc1CN1CC[C@@H]2C[C@H](C(=O)NCC3CC3)O[C@@H]2C1. The van der Waals surface area contributed by atoms with E-state index in [9.17, 15) is 4.79 Å². The van der Waals surface area contributed by atoms with Gasteiger partial charge in [0.15, 0.2) is 0 Å². The Bertz CT molecular complexity index is 620. The lowest BCUT2D eigenvalue weighted by molar-refractivity contribution is -0.132. The van der Waals surface area contributed by atoms with Gasteiger partial charge in [0.2, 0.25) is 11.8 Å². The second kappa shape index (κ2) is 7.30. The number of fused-ring (bicyclic) bond motifs is 1. The van der Waals surface area contributed by atoms with Gasteiger partial charge in [0.1, 0.15) is 6.10 Å². The Morgan fingerprint density at radius 2 is 2.32 bits per heavy atom. The summed E-state index contributed by atoms with van der Waals surface area (Å²) in [6.07, 6.45) is 6.10. The van der Waals surface area contributed by atoms with Crippen molar-refractivity contribution in [2.75, 3.05) is 26.7 Å². The van der Waals surface area contributed by atoms with Gasteiger partial charge in [-0.05, 0) is 50.1 Å². The molecule has 1 aromatic rings. The van der Waals surface area contributed by atoms with Crippen molar-refractivity contribution in [1.29, 1.82) is 0 Å². The predicted octanol–water partition coefficient (Wildman–Crippen LogP) is 1.60. The van der Waals surface area contributed by atoms with Crippen LogP contribution in [0.5, 0.6) is 5.88 Å². The van der Waals surface area contributed by atoms with E-state index in [0.29, 0.717) is 17.7 Å². The minimum atomic E-state index is -0.262. The molecule has 6 nitrogen and oxygen atoms in total. The highest BCUT2D eigenvalue weighted by Gasteiger charge is 2.42. The van der Waals surface area contributed by atoms with Crippen LogP contribution in [0, 0.1) is 11.8 Å². The van der Waals surface area contributed by atoms with Gasteiger partial charge >= 0.3 is 0 Å². The van der Waals surface area contributed by atoms with E-state index in [1.165, 1.54) is 12.8 Å². The Morgan fingerprint density at radius 1 is 1.44 bits per heavy atom. The Morgan fingerprint density at radius 3 is 3.12 bits per heavy atom. The molecule has 1 saturated carbocycles. The topological polar surface area (TPSA) is 63.7 Å². The van der Waals surface area contributed by atoms with Gasteiger partial charge in [-0.25, -0.2) is 4.98 Å². The second-order valence-corrected chi connectivity index (χ2v) is 7.54. The first-order valence-corrected chi connectivity index (χ1v) is 9.36. The highest BCUT2D eigenvalue weighted by atomic mass is 16.5.